The number of nitrogens with zero attached hydrogens (tertiary/aromatic N) is 4. The van der Waals surface area contributed by atoms with Crippen LogP contribution in [0.1, 0.15) is 5.56 Å². The van der Waals surface area contributed by atoms with Crippen LogP contribution >= 0.6 is 23.2 Å². The number of hydrogen-bond donors (Lipinski definition) is 2. The first kappa shape index (κ1) is 24.7. The van der Waals surface area contributed by atoms with Gasteiger partial charge in [-0.15, -0.1) is 0 Å². The molecule has 3 N–H and O–H groups in total. The molecule has 2 atom stereocenters. The van der Waals surface area contributed by atoms with Gasteiger partial charge in [-0.25, -0.2) is 4.98 Å². The van der Waals surface area contributed by atoms with Crippen molar-refractivity contribution in [1.29, 1.82) is 5.41 Å². The lowest BCUT2D eigenvalue weighted by molar-refractivity contribution is -0.189. The Balaban J connectivity index is 1.22. The quantitative estimate of drug-likeness (QED) is 0.355. The highest BCUT2D eigenvalue weighted by atomic mass is 35.5. The first-order valence-electron chi connectivity index (χ1n) is 11.7. The van der Waals surface area contributed by atoms with Gasteiger partial charge in [-0.3, -0.25) is 5.41 Å². The minimum Gasteiger partial charge on any atom is -0.491 e. The highest BCUT2D eigenvalue weighted by Crippen LogP contribution is 2.40. The second kappa shape index (κ2) is 10.6. The van der Waals surface area contributed by atoms with Gasteiger partial charge in [0.2, 0.25) is 5.79 Å². The Morgan fingerprint density at radius 2 is 1.92 bits per heavy atom. The lowest BCUT2D eigenvalue weighted by atomic mass is 10.1. The van der Waals surface area contributed by atoms with Crippen molar-refractivity contribution < 1.29 is 14.2 Å². The van der Waals surface area contributed by atoms with E-state index in [1.807, 2.05) is 46.0 Å². The summed E-state index contributed by atoms with van der Waals surface area (Å²) in [6, 6.07) is 13.3. The third-order valence-electron chi connectivity index (χ3n) is 6.41. The maximum atomic E-state index is 7.58. The molecule has 0 unspecified atom stereocenters. The molecule has 2 saturated heterocycles. The minimum atomic E-state index is -1.08. The number of anilines is 1. The van der Waals surface area contributed by atoms with E-state index in [1.54, 1.807) is 24.7 Å². The highest BCUT2D eigenvalue weighted by molar-refractivity contribution is 6.35. The van der Waals surface area contributed by atoms with Crippen LogP contribution in [0, 0.1) is 5.41 Å². The molecule has 0 spiro atoms. The molecule has 3 heterocycles. The van der Waals surface area contributed by atoms with Gasteiger partial charge in [-0.1, -0.05) is 29.3 Å². The molecule has 9 nitrogen and oxygen atoms in total. The first-order valence-corrected chi connectivity index (χ1v) is 12.5. The van der Waals surface area contributed by atoms with E-state index in [1.165, 1.54) is 0 Å². The molecule has 0 aliphatic carbocycles. The van der Waals surface area contributed by atoms with Crippen molar-refractivity contribution in [3.05, 3.63) is 76.8 Å². The number of hydrogen-bond acceptors (Lipinski definition) is 6. The minimum absolute atomic E-state index is 0.129. The molecule has 1 aromatic heterocycles. The van der Waals surface area contributed by atoms with Crippen LogP contribution in [0.5, 0.6) is 5.75 Å². The van der Waals surface area contributed by atoms with Gasteiger partial charge in [-0.2, -0.15) is 0 Å². The molecule has 0 saturated carbocycles. The summed E-state index contributed by atoms with van der Waals surface area (Å²) in [5.41, 5.74) is 7.41. The fourth-order valence-electron chi connectivity index (χ4n) is 4.52. The highest BCUT2D eigenvalue weighted by Gasteiger charge is 2.45. The smallest absolute Gasteiger partial charge is 0.215 e. The van der Waals surface area contributed by atoms with E-state index in [2.05, 4.69) is 9.88 Å². The average Bonchev–Trinajstić information content (AvgIpc) is 3.54. The van der Waals surface area contributed by atoms with Gasteiger partial charge in [0.15, 0.2) is 5.96 Å². The van der Waals surface area contributed by atoms with Gasteiger partial charge >= 0.3 is 0 Å². The van der Waals surface area contributed by atoms with Crippen LogP contribution in [-0.2, 0) is 21.8 Å². The van der Waals surface area contributed by atoms with Crippen molar-refractivity contribution in [1.82, 2.24) is 14.5 Å². The van der Waals surface area contributed by atoms with Crippen molar-refractivity contribution in [2.75, 3.05) is 44.3 Å². The van der Waals surface area contributed by atoms with Crippen LogP contribution in [0.25, 0.3) is 0 Å². The zero-order valence-corrected chi connectivity index (χ0v) is 21.2. The Hall–Kier alpha value is -2.98. The summed E-state index contributed by atoms with van der Waals surface area (Å²) in [6.45, 7) is 4.19. The van der Waals surface area contributed by atoms with E-state index in [-0.39, 0.29) is 12.1 Å². The lowest BCUT2D eigenvalue weighted by Gasteiger charge is -2.36. The lowest BCUT2D eigenvalue weighted by Crippen LogP contribution is -2.50. The number of imidazole rings is 1. The molecular formula is C25H28Cl2N6O3. The molecule has 2 aliphatic heterocycles. The topological polar surface area (TPSA) is 102 Å². The number of piperazine rings is 1. The zero-order chi connectivity index (χ0) is 25.1. The fraction of sp³-hybridized carbons (Fsp3) is 0.360. The molecule has 0 radical (unpaired) electrons. The predicted molar refractivity (Wildman–Crippen MR) is 139 cm³/mol. The number of nitrogens with one attached hydrogen (secondary N) is 1. The van der Waals surface area contributed by atoms with Crippen molar-refractivity contribution in [3.8, 4) is 5.75 Å². The second-order valence-electron chi connectivity index (χ2n) is 8.83. The number of nitrogens with two attached hydrogens (primary N) is 1. The van der Waals surface area contributed by atoms with Crippen molar-refractivity contribution in [3.63, 3.8) is 0 Å². The fourth-order valence-corrected chi connectivity index (χ4v) is 5.08. The van der Waals surface area contributed by atoms with Gasteiger partial charge in [0.25, 0.3) is 0 Å². The number of ether oxygens (including phenoxy) is 3. The normalized spacial score (nSPS) is 22.1. The summed E-state index contributed by atoms with van der Waals surface area (Å²) in [5, 5.41) is 8.60. The van der Waals surface area contributed by atoms with Crippen LogP contribution < -0.4 is 15.4 Å². The van der Waals surface area contributed by atoms with Crippen LogP contribution in [0.3, 0.4) is 0 Å². The second-order valence-corrected chi connectivity index (χ2v) is 9.67. The molecule has 2 aliphatic rings. The summed E-state index contributed by atoms with van der Waals surface area (Å²) < 4.78 is 20.6. The third kappa shape index (κ3) is 5.39. The SMILES string of the molecule is N=C(N)N1CCN(c2ccc(OC[C@@H]3CO[C@@](Cn4ccnc4)(c4ccc(Cl)cc4Cl)O3)cc2)CC1. The Bertz CT molecular complexity index is 1190. The maximum absolute atomic E-state index is 7.58. The number of aromatic nitrogens is 2. The van der Waals surface area contributed by atoms with Crippen molar-refractivity contribution >= 4 is 34.8 Å². The molecule has 2 aromatic carbocycles. The van der Waals surface area contributed by atoms with Crippen LogP contribution in [0.2, 0.25) is 10.0 Å². The summed E-state index contributed by atoms with van der Waals surface area (Å²) >= 11 is 12.7. The van der Waals surface area contributed by atoms with E-state index in [9.17, 15) is 0 Å². The van der Waals surface area contributed by atoms with Crippen LogP contribution in [0.4, 0.5) is 5.69 Å². The van der Waals surface area contributed by atoms with E-state index < -0.39 is 5.79 Å². The number of halogens is 2. The van der Waals surface area contributed by atoms with Gasteiger partial charge in [0.1, 0.15) is 18.5 Å². The molecule has 190 valence electrons. The molecule has 5 rings (SSSR count). The Morgan fingerprint density at radius 3 is 2.58 bits per heavy atom. The van der Waals surface area contributed by atoms with E-state index >= 15 is 0 Å². The van der Waals surface area contributed by atoms with Crippen LogP contribution in [0.15, 0.2) is 61.2 Å². The third-order valence-corrected chi connectivity index (χ3v) is 6.96. The summed E-state index contributed by atoms with van der Waals surface area (Å²) in [7, 11) is 0. The molecule has 36 heavy (non-hydrogen) atoms. The maximum Gasteiger partial charge on any atom is 0.215 e. The van der Waals surface area contributed by atoms with Crippen LogP contribution in [-0.4, -0.2) is 65.9 Å². The van der Waals surface area contributed by atoms with Gasteiger partial charge < -0.3 is 34.3 Å². The Kier molecular flexibility index (Phi) is 7.25. The van der Waals surface area contributed by atoms with Crippen molar-refractivity contribution in [2.45, 2.75) is 18.4 Å². The van der Waals surface area contributed by atoms with Crippen molar-refractivity contribution in [2.24, 2.45) is 5.73 Å². The Labute approximate surface area is 219 Å². The molecule has 11 heteroatoms. The van der Waals surface area contributed by atoms with Gasteiger partial charge in [0.05, 0.1) is 24.5 Å². The molecule has 3 aromatic rings. The van der Waals surface area contributed by atoms with Gasteiger partial charge in [-0.05, 0) is 36.4 Å². The first-order chi connectivity index (χ1) is 17.4. The van der Waals surface area contributed by atoms with Gasteiger partial charge in [0, 0.05) is 54.8 Å². The zero-order valence-electron chi connectivity index (χ0n) is 19.6. The molecule has 0 bridgehead atoms. The molecular weight excluding hydrogens is 503 g/mol. The molecule has 2 fully saturated rings. The largest absolute Gasteiger partial charge is 0.491 e. The average molecular weight is 531 g/mol. The summed E-state index contributed by atoms with van der Waals surface area (Å²) in [6.07, 6.45) is 4.98. The van der Waals surface area contributed by atoms with E-state index in [0.29, 0.717) is 35.4 Å². The Morgan fingerprint density at radius 1 is 1.14 bits per heavy atom. The number of rotatable bonds is 7. The predicted octanol–water partition coefficient (Wildman–Crippen LogP) is 3.55. The monoisotopic (exact) mass is 530 g/mol. The van der Waals surface area contributed by atoms with E-state index in [0.717, 1.165) is 37.6 Å². The number of benzene rings is 2. The number of guanidine groups is 1. The standard InChI is InChI=1S/C25H28Cl2N6O3/c26-18-1-6-22(23(27)13-18)25(16-31-8-7-30-17-31)35-15-21(36-25)14-34-20-4-2-19(3-5-20)32-9-11-33(12-10-32)24(28)29/h1-8,13,17,21H,9-12,14-16H2,(H3,28,29)/t21-,25-/m1/s1. The van der Waals surface area contributed by atoms with E-state index in [4.69, 9.17) is 48.6 Å². The summed E-state index contributed by atoms with van der Waals surface area (Å²) in [4.78, 5) is 8.28. The summed E-state index contributed by atoms with van der Waals surface area (Å²) in [5.74, 6) is -0.201. The molecule has 0 amide bonds.